The monoisotopic (exact) mass is 317 g/mol. The Hall–Kier alpha value is -2.07. The molecule has 0 aliphatic heterocycles. The standard InChI is InChI=1S/C17H20ClN3O/c1-12(2)8-21-17(22)14-7-16(11-19-10-14)20-9-13-3-5-15(18)6-4-13/h3-7,10-12,20H,8-9H2,1-2H3,(H,21,22). The van der Waals surface area contributed by atoms with Crippen LogP contribution in [0.1, 0.15) is 29.8 Å². The second kappa shape index (κ2) is 7.80. The van der Waals surface area contributed by atoms with Gasteiger partial charge < -0.3 is 10.6 Å². The van der Waals surface area contributed by atoms with E-state index in [0.29, 0.717) is 29.6 Å². The van der Waals surface area contributed by atoms with Crippen molar-refractivity contribution in [3.05, 3.63) is 58.9 Å². The first kappa shape index (κ1) is 16.3. The molecule has 0 spiro atoms. The Labute approximate surface area is 135 Å². The van der Waals surface area contributed by atoms with Crippen molar-refractivity contribution in [1.82, 2.24) is 10.3 Å². The number of rotatable bonds is 6. The third-order valence-electron chi connectivity index (χ3n) is 3.08. The lowest BCUT2D eigenvalue weighted by atomic mass is 10.2. The van der Waals surface area contributed by atoms with Crippen LogP contribution in [-0.2, 0) is 6.54 Å². The molecule has 4 nitrogen and oxygen atoms in total. The van der Waals surface area contributed by atoms with Crippen LogP contribution in [0.15, 0.2) is 42.7 Å². The van der Waals surface area contributed by atoms with Gasteiger partial charge in [-0.3, -0.25) is 9.78 Å². The summed E-state index contributed by atoms with van der Waals surface area (Å²) in [5.74, 6) is 0.319. The van der Waals surface area contributed by atoms with Crippen molar-refractivity contribution in [3.63, 3.8) is 0 Å². The molecule has 0 atom stereocenters. The average Bonchev–Trinajstić information content (AvgIpc) is 2.52. The summed E-state index contributed by atoms with van der Waals surface area (Å²) in [4.78, 5) is 16.1. The lowest BCUT2D eigenvalue weighted by Gasteiger charge is -2.10. The van der Waals surface area contributed by atoms with Gasteiger partial charge in [0.1, 0.15) is 0 Å². The summed E-state index contributed by atoms with van der Waals surface area (Å²) in [6.07, 6.45) is 3.28. The van der Waals surface area contributed by atoms with E-state index in [4.69, 9.17) is 11.6 Å². The van der Waals surface area contributed by atoms with Crippen LogP contribution >= 0.6 is 11.6 Å². The molecule has 0 fully saturated rings. The first-order chi connectivity index (χ1) is 10.5. The molecule has 0 aliphatic rings. The van der Waals surface area contributed by atoms with Gasteiger partial charge in [0.2, 0.25) is 0 Å². The quantitative estimate of drug-likeness (QED) is 0.853. The molecule has 1 heterocycles. The number of carbonyl (C=O) groups is 1. The van der Waals surface area contributed by atoms with Crippen LogP contribution in [0.2, 0.25) is 5.02 Å². The normalized spacial score (nSPS) is 10.5. The second-order valence-electron chi connectivity index (χ2n) is 5.55. The minimum Gasteiger partial charge on any atom is -0.380 e. The Balaban J connectivity index is 1.96. The SMILES string of the molecule is CC(C)CNC(=O)c1cncc(NCc2ccc(Cl)cc2)c1. The maximum atomic E-state index is 12.0. The van der Waals surface area contributed by atoms with E-state index in [1.165, 1.54) is 0 Å². The lowest BCUT2D eigenvalue weighted by Crippen LogP contribution is -2.27. The van der Waals surface area contributed by atoms with Crippen molar-refractivity contribution in [3.8, 4) is 0 Å². The number of carbonyl (C=O) groups excluding carboxylic acids is 1. The van der Waals surface area contributed by atoms with E-state index in [0.717, 1.165) is 11.3 Å². The molecule has 22 heavy (non-hydrogen) atoms. The fourth-order valence-corrected chi connectivity index (χ4v) is 1.99. The van der Waals surface area contributed by atoms with E-state index >= 15 is 0 Å². The van der Waals surface area contributed by atoms with Crippen molar-refractivity contribution in [2.45, 2.75) is 20.4 Å². The number of hydrogen-bond donors (Lipinski definition) is 2. The second-order valence-corrected chi connectivity index (χ2v) is 5.98. The molecule has 1 aromatic carbocycles. The molecule has 1 amide bonds. The van der Waals surface area contributed by atoms with Crippen LogP contribution in [0, 0.1) is 5.92 Å². The predicted octanol–water partition coefficient (Wildman–Crippen LogP) is 3.73. The summed E-state index contributed by atoms with van der Waals surface area (Å²) in [6, 6.07) is 9.43. The number of benzene rings is 1. The van der Waals surface area contributed by atoms with Crippen molar-refractivity contribution in [2.75, 3.05) is 11.9 Å². The van der Waals surface area contributed by atoms with Crippen LogP contribution in [0.25, 0.3) is 0 Å². The highest BCUT2D eigenvalue weighted by atomic mass is 35.5. The maximum Gasteiger partial charge on any atom is 0.252 e. The molecular formula is C17H20ClN3O. The number of aromatic nitrogens is 1. The fourth-order valence-electron chi connectivity index (χ4n) is 1.87. The fraction of sp³-hybridized carbons (Fsp3) is 0.294. The highest BCUT2D eigenvalue weighted by Gasteiger charge is 2.07. The Morgan fingerprint density at radius 1 is 1.23 bits per heavy atom. The van der Waals surface area contributed by atoms with Gasteiger partial charge in [0.25, 0.3) is 5.91 Å². The molecule has 0 bridgehead atoms. The minimum atomic E-state index is -0.101. The van der Waals surface area contributed by atoms with Crippen molar-refractivity contribution in [1.29, 1.82) is 0 Å². The number of amides is 1. The van der Waals surface area contributed by atoms with Gasteiger partial charge in [-0.05, 0) is 29.7 Å². The third-order valence-corrected chi connectivity index (χ3v) is 3.33. The summed E-state index contributed by atoms with van der Waals surface area (Å²) in [5, 5.41) is 6.86. The van der Waals surface area contributed by atoms with E-state index in [9.17, 15) is 4.79 Å². The van der Waals surface area contributed by atoms with E-state index in [1.54, 1.807) is 18.5 Å². The van der Waals surface area contributed by atoms with Gasteiger partial charge >= 0.3 is 0 Å². The largest absolute Gasteiger partial charge is 0.380 e. The van der Waals surface area contributed by atoms with Gasteiger partial charge in [-0.25, -0.2) is 0 Å². The topological polar surface area (TPSA) is 54.0 Å². The summed E-state index contributed by atoms with van der Waals surface area (Å²) >= 11 is 5.86. The summed E-state index contributed by atoms with van der Waals surface area (Å²) in [6.45, 7) is 5.42. The number of nitrogens with one attached hydrogen (secondary N) is 2. The van der Waals surface area contributed by atoms with Crippen LogP contribution in [-0.4, -0.2) is 17.4 Å². The number of nitrogens with zero attached hydrogens (tertiary/aromatic N) is 1. The first-order valence-corrected chi connectivity index (χ1v) is 7.64. The maximum absolute atomic E-state index is 12.0. The Morgan fingerprint density at radius 3 is 2.64 bits per heavy atom. The molecule has 2 N–H and O–H groups in total. The van der Waals surface area contributed by atoms with Gasteiger partial charge in [0.15, 0.2) is 0 Å². The summed E-state index contributed by atoms with van der Waals surface area (Å²) in [7, 11) is 0. The van der Waals surface area contributed by atoms with Gasteiger partial charge in [-0.15, -0.1) is 0 Å². The van der Waals surface area contributed by atoms with E-state index in [2.05, 4.69) is 29.5 Å². The molecule has 0 unspecified atom stereocenters. The van der Waals surface area contributed by atoms with E-state index < -0.39 is 0 Å². The van der Waals surface area contributed by atoms with E-state index in [1.807, 2.05) is 24.3 Å². The van der Waals surface area contributed by atoms with Crippen molar-refractivity contribution < 1.29 is 4.79 Å². The molecule has 1 aromatic heterocycles. The highest BCUT2D eigenvalue weighted by molar-refractivity contribution is 6.30. The molecule has 0 saturated heterocycles. The summed E-state index contributed by atoms with van der Waals surface area (Å²) < 4.78 is 0. The number of hydrogen-bond acceptors (Lipinski definition) is 3. The minimum absolute atomic E-state index is 0.101. The van der Waals surface area contributed by atoms with Crippen LogP contribution in [0.5, 0.6) is 0 Å². The molecule has 2 aromatic rings. The number of halogens is 1. The molecule has 0 aliphatic carbocycles. The zero-order chi connectivity index (χ0) is 15.9. The van der Waals surface area contributed by atoms with Gasteiger partial charge in [-0.1, -0.05) is 37.6 Å². The first-order valence-electron chi connectivity index (χ1n) is 7.26. The highest BCUT2D eigenvalue weighted by Crippen LogP contribution is 2.13. The van der Waals surface area contributed by atoms with Gasteiger partial charge in [0.05, 0.1) is 11.3 Å². The molecule has 0 saturated carbocycles. The Bertz CT molecular complexity index is 626. The van der Waals surface area contributed by atoms with Crippen LogP contribution in [0.3, 0.4) is 0 Å². The molecule has 116 valence electrons. The average molecular weight is 318 g/mol. The lowest BCUT2D eigenvalue weighted by molar-refractivity contribution is 0.0948. The van der Waals surface area contributed by atoms with E-state index in [-0.39, 0.29) is 5.91 Å². The Morgan fingerprint density at radius 2 is 1.95 bits per heavy atom. The number of anilines is 1. The van der Waals surface area contributed by atoms with Gasteiger partial charge in [0, 0.05) is 30.5 Å². The number of pyridine rings is 1. The molecule has 5 heteroatoms. The smallest absolute Gasteiger partial charge is 0.252 e. The van der Waals surface area contributed by atoms with Crippen LogP contribution in [0.4, 0.5) is 5.69 Å². The zero-order valence-corrected chi connectivity index (χ0v) is 13.5. The third kappa shape index (κ3) is 5.04. The van der Waals surface area contributed by atoms with Crippen molar-refractivity contribution >= 4 is 23.2 Å². The Kier molecular flexibility index (Phi) is 5.78. The van der Waals surface area contributed by atoms with Crippen LogP contribution < -0.4 is 10.6 Å². The zero-order valence-electron chi connectivity index (χ0n) is 12.8. The van der Waals surface area contributed by atoms with Crippen molar-refractivity contribution in [2.24, 2.45) is 5.92 Å². The predicted molar refractivity (Wildman–Crippen MR) is 90.2 cm³/mol. The molecule has 0 radical (unpaired) electrons. The summed E-state index contributed by atoms with van der Waals surface area (Å²) in [5.41, 5.74) is 2.48. The molecule has 2 rings (SSSR count). The van der Waals surface area contributed by atoms with Gasteiger partial charge in [-0.2, -0.15) is 0 Å². The molecular weight excluding hydrogens is 298 g/mol.